The lowest BCUT2D eigenvalue weighted by Gasteiger charge is -2.10. The van der Waals surface area contributed by atoms with Crippen molar-refractivity contribution < 1.29 is 4.74 Å². The number of aryl methyl sites for hydroxylation is 2. The van der Waals surface area contributed by atoms with Crippen LogP contribution in [0.5, 0.6) is 0 Å². The molecule has 0 radical (unpaired) electrons. The summed E-state index contributed by atoms with van der Waals surface area (Å²) in [5, 5.41) is 7.16. The maximum Gasteiger partial charge on any atom is 0.260 e. The summed E-state index contributed by atoms with van der Waals surface area (Å²) in [4.78, 5) is 20.3. The average Bonchev–Trinajstić information content (AvgIpc) is 3.05. The molecular weight excluding hydrogens is 312 g/mol. The van der Waals surface area contributed by atoms with Crippen LogP contribution in [0.25, 0.3) is 22.4 Å². The van der Waals surface area contributed by atoms with Crippen LogP contribution in [-0.4, -0.2) is 26.4 Å². The normalized spacial score (nSPS) is 14.7. The van der Waals surface area contributed by atoms with E-state index in [1.807, 2.05) is 36.2 Å². The monoisotopic (exact) mass is 328 g/mol. The van der Waals surface area contributed by atoms with E-state index in [2.05, 4.69) is 15.1 Å². The summed E-state index contributed by atoms with van der Waals surface area (Å²) in [5.74, 6) is 0.552. The Labute approximate surface area is 136 Å². The molecule has 0 saturated carbocycles. The van der Waals surface area contributed by atoms with Gasteiger partial charge in [-0.3, -0.25) is 9.48 Å². The number of nitrogens with zero attached hydrogens (tertiary/aromatic N) is 3. The highest BCUT2D eigenvalue weighted by molar-refractivity contribution is 7.16. The highest BCUT2D eigenvalue weighted by Gasteiger charge is 2.18. The molecule has 3 aromatic heterocycles. The molecule has 0 atom stereocenters. The average molecular weight is 328 g/mol. The molecule has 7 heteroatoms. The molecule has 118 valence electrons. The van der Waals surface area contributed by atoms with Crippen LogP contribution in [0.4, 0.5) is 0 Å². The van der Waals surface area contributed by atoms with E-state index in [1.165, 1.54) is 11.3 Å². The van der Waals surface area contributed by atoms with Crippen LogP contribution in [0.3, 0.4) is 0 Å². The molecule has 3 aromatic rings. The third kappa shape index (κ3) is 2.42. The first-order chi connectivity index (χ1) is 11.1. The number of H-pyrrole nitrogens is 1. The van der Waals surface area contributed by atoms with Gasteiger partial charge in [0.15, 0.2) is 0 Å². The van der Waals surface area contributed by atoms with Gasteiger partial charge in [0, 0.05) is 19.0 Å². The molecule has 0 fully saturated rings. The van der Waals surface area contributed by atoms with Crippen molar-refractivity contribution in [1.29, 1.82) is 0 Å². The van der Waals surface area contributed by atoms with E-state index in [9.17, 15) is 4.79 Å². The van der Waals surface area contributed by atoms with Gasteiger partial charge in [0.25, 0.3) is 5.56 Å². The smallest absolute Gasteiger partial charge is 0.260 e. The van der Waals surface area contributed by atoms with Gasteiger partial charge in [0.05, 0.1) is 30.0 Å². The quantitative estimate of drug-likeness (QED) is 0.783. The Morgan fingerprint density at radius 3 is 3.17 bits per heavy atom. The zero-order chi connectivity index (χ0) is 16.0. The van der Waals surface area contributed by atoms with Gasteiger partial charge in [-0.1, -0.05) is 0 Å². The molecule has 0 aliphatic carbocycles. The number of fused-ring (bicyclic) bond motifs is 2. The minimum Gasteiger partial charge on any atom is -0.376 e. The molecule has 0 bridgehead atoms. The standard InChI is InChI=1S/C16H16N4O2S/c1-9-8-23-16-14(9)15(21)17-13(18-16)4-3-12-10-7-22-6-5-11(10)19-20(12)2/h3-4,8H,5-7H2,1-2H3,(H,17,18,21)/b4-3+. The summed E-state index contributed by atoms with van der Waals surface area (Å²) in [6.07, 6.45) is 4.60. The van der Waals surface area contributed by atoms with Crippen molar-refractivity contribution in [2.75, 3.05) is 6.61 Å². The molecule has 0 aromatic carbocycles. The third-order valence-corrected chi connectivity index (χ3v) is 5.04. The number of aromatic amines is 1. The maximum atomic E-state index is 12.2. The van der Waals surface area contributed by atoms with E-state index >= 15 is 0 Å². The number of hydrogen-bond acceptors (Lipinski definition) is 5. The molecule has 4 rings (SSSR count). The van der Waals surface area contributed by atoms with Crippen LogP contribution < -0.4 is 5.56 Å². The summed E-state index contributed by atoms with van der Waals surface area (Å²) in [6, 6.07) is 0. The minimum atomic E-state index is -0.0937. The van der Waals surface area contributed by atoms with Crippen molar-refractivity contribution in [2.24, 2.45) is 7.05 Å². The Balaban J connectivity index is 1.75. The number of thiophene rings is 1. The summed E-state index contributed by atoms with van der Waals surface area (Å²) in [6.45, 7) is 3.22. The van der Waals surface area contributed by atoms with E-state index in [0.717, 1.165) is 40.4 Å². The van der Waals surface area contributed by atoms with Crippen molar-refractivity contribution >= 4 is 33.7 Å². The van der Waals surface area contributed by atoms with Crippen molar-refractivity contribution in [3.63, 3.8) is 0 Å². The Morgan fingerprint density at radius 1 is 1.43 bits per heavy atom. The summed E-state index contributed by atoms with van der Waals surface area (Å²) in [5.41, 5.74) is 4.07. The van der Waals surface area contributed by atoms with E-state index < -0.39 is 0 Å². The number of rotatable bonds is 2. The molecule has 1 aliphatic rings. The van der Waals surface area contributed by atoms with Gasteiger partial charge in [-0.25, -0.2) is 4.98 Å². The molecule has 0 saturated heterocycles. The first-order valence-corrected chi connectivity index (χ1v) is 8.30. The van der Waals surface area contributed by atoms with Gasteiger partial charge in [0.2, 0.25) is 0 Å². The molecule has 4 heterocycles. The van der Waals surface area contributed by atoms with E-state index in [1.54, 1.807) is 0 Å². The molecular formula is C16H16N4O2S. The number of ether oxygens (including phenoxy) is 1. The van der Waals surface area contributed by atoms with Crippen molar-refractivity contribution in [3.8, 4) is 0 Å². The fourth-order valence-electron chi connectivity index (χ4n) is 2.89. The predicted molar refractivity (Wildman–Crippen MR) is 90.5 cm³/mol. The molecule has 0 amide bonds. The van der Waals surface area contributed by atoms with Crippen LogP contribution in [0.2, 0.25) is 0 Å². The first kappa shape index (κ1) is 14.3. The van der Waals surface area contributed by atoms with Crippen molar-refractivity contribution in [1.82, 2.24) is 19.7 Å². The summed E-state index contributed by atoms with van der Waals surface area (Å²) >= 11 is 1.49. The van der Waals surface area contributed by atoms with Gasteiger partial charge in [0.1, 0.15) is 10.7 Å². The summed E-state index contributed by atoms with van der Waals surface area (Å²) in [7, 11) is 1.92. The molecule has 1 aliphatic heterocycles. The third-order valence-electron chi connectivity index (χ3n) is 4.05. The second kappa shape index (κ2) is 5.43. The Kier molecular flexibility index (Phi) is 3.39. The lowest BCUT2D eigenvalue weighted by Crippen LogP contribution is -2.09. The van der Waals surface area contributed by atoms with Crippen molar-refractivity contribution in [2.45, 2.75) is 20.0 Å². The van der Waals surface area contributed by atoms with Gasteiger partial charge >= 0.3 is 0 Å². The second-order valence-electron chi connectivity index (χ2n) is 5.62. The Hall–Kier alpha value is -2.25. The molecule has 0 unspecified atom stereocenters. The maximum absolute atomic E-state index is 12.2. The summed E-state index contributed by atoms with van der Waals surface area (Å²) < 4.78 is 7.37. The lowest BCUT2D eigenvalue weighted by molar-refractivity contribution is 0.110. The van der Waals surface area contributed by atoms with Gasteiger partial charge in [-0.05, 0) is 30.0 Å². The zero-order valence-corrected chi connectivity index (χ0v) is 13.7. The Bertz CT molecular complexity index is 980. The van der Waals surface area contributed by atoms with Crippen LogP contribution in [-0.2, 0) is 24.8 Å². The molecule has 6 nitrogen and oxygen atoms in total. The van der Waals surface area contributed by atoms with E-state index in [0.29, 0.717) is 17.8 Å². The van der Waals surface area contributed by atoms with E-state index in [-0.39, 0.29) is 5.56 Å². The van der Waals surface area contributed by atoms with Crippen LogP contribution in [0.1, 0.15) is 28.3 Å². The van der Waals surface area contributed by atoms with E-state index in [4.69, 9.17) is 4.74 Å². The second-order valence-corrected chi connectivity index (χ2v) is 6.48. The van der Waals surface area contributed by atoms with Crippen LogP contribution in [0, 0.1) is 6.92 Å². The molecule has 1 N–H and O–H groups in total. The Morgan fingerprint density at radius 2 is 2.30 bits per heavy atom. The van der Waals surface area contributed by atoms with Gasteiger partial charge in [-0.15, -0.1) is 11.3 Å². The first-order valence-electron chi connectivity index (χ1n) is 7.42. The minimum absolute atomic E-state index is 0.0937. The SMILES string of the molecule is Cc1csc2nc(/C=C/c3c4c(nn3C)CCOC4)[nH]c(=O)c12. The van der Waals surface area contributed by atoms with Crippen LogP contribution in [0.15, 0.2) is 10.2 Å². The zero-order valence-electron chi connectivity index (χ0n) is 12.9. The van der Waals surface area contributed by atoms with Gasteiger partial charge in [-0.2, -0.15) is 5.10 Å². The lowest BCUT2D eigenvalue weighted by atomic mass is 10.1. The topological polar surface area (TPSA) is 72.8 Å². The molecule has 0 spiro atoms. The fourth-order valence-corrected chi connectivity index (χ4v) is 3.82. The van der Waals surface area contributed by atoms with Crippen molar-refractivity contribution in [3.05, 3.63) is 44.1 Å². The number of aromatic nitrogens is 4. The largest absolute Gasteiger partial charge is 0.376 e. The predicted octanol–water partition coefficient (Wildman–Crippen LogP) is 2.27. The highest BCUT2D eigenvalue weighted by atomic mass is 32.1. The molecule has 23 heavy (non-hydrogen) atoms. The highest BCUT2D eigenvalue weighted by Crippen LogP contribution is 2.22. The number of hydrogen-bond donors (Lipinski definition) is 1. The number of nitrogens with one attached hydrogen (secondary N) is 1. The van der Waals surface area contributed by atoms with Gasteiger partial charge < -0.3 is 9.72 Å². The van der Waals surface area contributed by atoms with Crippen LogP contribution >= 0.6 is 11.3 Å². The fraction of sp³-hybridized carbons (Fsp3) is 0.312.